The summed E-state index contributed by atoms with van der Waals surface area (Å²) in [5, 5.41) is 0. The second-order valence-electron chi connectivity index (χ2n) is 3.57. The summed E-state index contributed by atoms with van der Waals surface area (Å²) < 4.78 is 15.5. The van der Waals surface area contributed by atoms with Crippen molar-refractivity contribution in [1.29, 1.82) is 0 Å². The molecule has 0 saturated heterocycles. The van der Waals surface area contributed by atoms with Crippen LogP contribution < -0.4 is 0 Å². The van der Waals surface area contributed by atoms with Gasteiger partial charge < -0.3 is 0 Å². The van der Waals surface area contributed by atoms with Gasteiger partial charge in [0.15, 0.2) is 0 Å². The van der Waals surface area contributed by atoms with Crippen LogP contribution in [0.2, 0.25) is 0 Å². The Hall–Kier alpha value is 0.290. The Labute approximate surface area is 129 Å². The van der Waals surface area contributed by atoms with Crippen molar-refractivity contribution in [3.05, 3.63) is 54.3 Å². The summed E-state index contributed by atoms with van der Waals surface area (Å²) >= 11 is 11.9. The molecule has 0 bridgehead atoms. The van der Waals surface area contributed by atoms with Gasteiger partial charge in [0, 0.05) is 19.8 Å². The van der Waals surface area contributed by atoms with Gasteiger partial charge in [-0.3, -0.25) is 0 Å². The third-order valence-electron chi connectivity index (χ3n) is 2.32. The Kier molecular flexibility index (Phi) is 4.45. The van der Waals surface area contributed by atoms with Gasteiger partial charge in [-0.1, -0.05) is 28.1 Å². The highest BCUT2D eigenvalue weighted by molar-refractivity contribution is 9.11. The molecule has 2 rings (SSSR count). The van der Waals surface area contributed by atoms with Crippen LogP contribution in [-0.4, -0.2) is 0 Å². The Morgan fingerprint density at radius 2 is 1.94 bits per heavy atom. The van der Waals surface area contributed by atoms with Gasteiger partial charge in [-0.15, -0.1) is 11.3 Å². The summed E-state index contributed by atoms with van der Waals surface area (Å²) in [6.45, 7) is 2.04. The molecule has 0 spiro atoms. The van der Waals surface area contributed by atoms with Crippen LogP contribution in [0.15, 0.2) is 33.2 Å². The zero-order valence-corrected chi connectivity index (χ0v) is 14.4. The maximum Gasteiger partial charge on any atom is 0.142 e. The molecule has 2 aromatic rings. The zero-order valence-electron chi connectivity index (χ0n) is 8.81. The van der Waals surface area contributed by atoms with Crippen molar-refractivity contribution in [3.8, 4) is 0 Å². The van der Waals surface area contributed by atoms with E-state index >= 15 is 0 Å². The number of hydrogen-bond donors (Lipinski definition) is 0. The minimum atomic E-state index is -0.215. The van der Waals surface area contributed by atoms with Crippen LogP contribution in [0.3, 0.4) is 0 Å². The molecule has 0 saturated carbocycles. The van der Waals surface area contributed by atoms with E-state index < -0.39 is 0 Å². The maximum absolute atomic E-state index is 14.0. The van der Waals surface area contributed by atoms with E-state index in [1.807, 2.05) is 19.1 Å². The predicted octanol–water partition coefficient (Wildman–Crippen LogP) is 6.20. The lowest BCUT2D eigenvalue weighted by Crippen LogP contribution is -1.95. The van der Waals surface area contributed by atoms with E-state index in [1.54, 1.807) is 23.5 Å². The molecule has 5 heteroatoms. The summed E-state index contributed by atoms with van der Waals surface area (Å²) in [6, 6.07) is 7.38. The van der Waals surface area contributed by atoms with Crippen molar-refractivity contribution in [1.82, 2.24) is 0 Å². The maximum atomic E-state index is 14.0. The van der Waals surface area contributed by atoms with E-state index in [0.717, 1.165) is 9.35 Å². The number of halogens is 4. The van der Waals surface area contributed by atoms with Crippen molar-refractivity contribution in [3.63, 3.8) is 0 Å². The minimum absolute atomic E-state index is 0.131. The lowest BCUT2D eigenvalue weighted by Gasteiger charge is -2.11. The van der Waals surface area contributed by atoms with Crippen molar-refractivity contribution in [2.45, 2.75) is 11.8 Å². The molecular formula is C12H8Br3FS. The van der Waals surface area contributed by atoms with Crippen LogP contribution in [0, 0.1) is 12.7 Å². The lowest BCUT2D eigenvalue weighted by molar-refractivity contribution is 0.607. The van der Waals surface area contributed by atoms with Gasteiger partial charge in [0.1, 0.15) is 5.82 Å². The standard InChI is InChI=1S/C12H8Br3FS/c1-6-5-9(14)12(17-6)10(15)7-3-2-4-8(13)11(7)16/h2-5,10H,1H3. The van der Waals surface area contributed by atoms with E-state index in [1.165, 1.54) is 4.88 Å². The second kappa shape index (κ2) is 5.51. The average Bonchev–Trinajstić information content (AvgIpc) is 2.61. The van der Waals surface area contributed by atoms with E-state index in [9.17, 15) is 4.39 Å². The quantitative estimate of drug-likeness (QED) is 0.485. The molecular weight excluding hydrogens is 435 g/mol. The first kappa shape index (κ1) is 13.7. The molecule has 0 aliphatic heterocycles. The van der Waals surface area contributed by atoms with Gasteiger partial charge in [-0.05, 0) is 50.9 Å². The number of alkyl halides is 1. The lowest BCUT2D eigenvalue weighted by atomic mass is 10.1. The van der Waals surface area contributed by atoms with Crippen molar-refractivity contribution in [2.24, 2.45) is 0 Å². The fourth-order valence-corrected chi connectivity index (χ4v) is 4.98. The van der Waals surface area contributed by atoms with Gasteiger partial charge in [0.25, 0.3) is 0 Å². The summed E-state index contributed by atoms with van der Waals surface area (Å²) in [7, 11) is 0. The molecule has 0 aliphatic rings. The first-order valence-electron chi connectivity index (χ1n) is 4.84. The Morgan fingerprint density at radius 3 is 2.53 bits per heavy atom. The minimum Gasteiger partial charge on any atom is -0.205 e. The van der Waals surface area contributed by atoms with Crippen LogP contribution in [0.5, 0.6) is 0 Å². The van der Waals surface area contributed by atoms with E-state index in [2.05, 4.69) is 47.8 Å². The highest BCUT2D eigenvalue weighted by Crippen LogP contribution is 2.42. The van der Waals surface area contributed by atoms with Gasteiger partial charge in [0.2, 0.25) is 0 Å². The van der Waals surface area contributed by atoms with E-state index in [4.69, 9.17) is 0 Å². The molecule has 1 heterocycles. The highest BCUT2D eigenvalue weighted by Gasteiger charge is 2.20. The molecule has 0 aliphatic carbocycles. The third-order valence-corrected chi connectivity index (χ3v) is 6.22. The average molecular weight is 443 g/mol. The number of benzene rings is 1. The van der Waals surface area contributed by atoms with Gasteiger partial charge >= 0.3 is 0 Å². The second-order valence-corrected chi connectivity index (χ2v) is 7.49. The molecule has 90 valence electrons. The first-order chi connectivity index (χ1) is 8.00. The molecule has 0 N–H and O–H groups in total. The van der Waals surface area contributed by atoms with Crippen molar-refractivity contribution < 1.29 is 4.39 Å². The number of thiophene rings is 1. The fourth-order valence-electron chi connectivity index (χ4n) is 1.53. The monoisotopic (exact) mass is 440 g/mol. The summed E-state index contributed by atoms with van der Waals surface area (Å²) in [5.41, 5.74) is 0.641. The Balaban J connectivity index is 2.47. The Morgan fingerprint density at radius 1 is 1.24 bits per heavy atom. The topological polar surface area (TPSA) is 0 Å². The third kappa shape index (κ3) is 2.83. The predicted molar refractivity (Wildman–Crippen MR) is 81.6 cm³/mol. The molecule has 17 heavy (non-hydrogen) atoms. The fraction of sp³-hybridized carbons (Fsp3) is 0.167. The van der Waals surface area contributed by atoms with Gasteiger partial charge in [-0.25, -0.2) is 4.39 Å². The summed E-state index contributed by atoms with van der Waals surface area (Å²) in [4.78, 5) is 2.15. The molecule has 1 atom stereocenters. The summed E-state index contributed by atoms with van der Waals surface area (Å²) in [6.07, 6.45) is 0. The van der Waals surface area contributed by atoms with Crippen LogP contribution >= 0.6 is 59.1 Å². The Bertz CT molecular complexity index is 551. The largest absolute Gasteiger partial charge is 0.205 e. The van der Waals surface area contributed by atoms with Crippen molar-refractivity contribution >= 4 is 59.1 Å². The smallest absolute Gasteiger partial charge is 0.142 e. The molecule has 1 aromatic heterocycles. The molecule has 0 nitrogen and oxygen atoms in total. The zero-order chi connectivity index (χ0) is 12.6. The number of aryl methyl sites for hydroxylation is 1. The molecule has 0 radical (unpaired) electrons. The van der Waals surface area contributed by atoms with Gasteiger partial charge in [0.05, 0.1) is 9.30 Å². The highest BCUT2D eigenvalue weighted by atomic mass is 79.9. The van der Waals surface area contributed by atoms with E-state index in [0.29, 0.717) is 10.0 Å². The van der Waals surface area contributed by atoms with Crippen LogP contribution in [0.25, 0.3) is 0 Å². The number of rotatable bonds is 2. The molecule has 0 fully saturated rings. The van der Waals surface area contributed by atoms with E-state index in [-0.39, 0.29) is 10.6 Å². The van der Waals surface area contributed by atoms with Gasteiger partial charge in [-0.2, -0.15) is 0 Å². The first-order valence-corrected chi connectivity index (χ1v) is 8.16. The van der Waals surface area contributed by atoms with Crippen molar-refractivity contribution in [2.75, 3.05) is 0 Å². The number of hydrogen-bond acceptors (Lipinski definition) is 1. The normalized spacial score (nSPS) is 12.8. The SMILES string of the molecule is Cc1cc(Br)c(C(Br)c2cccc(Br)c2F)s1. The molecule has 1 aromatic carbocycles. The van der Waals surface area contributed by atoms with Crippen LogP contribution in [0.1, 0.15) is 20.1 Å². The summed E-state index contributed by atoms with van der Waals surface area (Å²) in [5.74, 6) is -0.215. The van der Waals surface area contributed by atoms with Crippen LogP contribution in [-0.2, 0) is 0 Å². The molecule has 0 amide bonds. The van der Waals surface area contributed by atoms with Crippen LogP contribution in [0.4, 0.5) is 4.39 Å². The molecule has 1 unspecified atom stereocenters.